The average Bonchev–Trinajstić information content (AvgIpc) is 2.12. The van der Waals surface area contributed by atoms with Gasteiger partial charge in [-0.3, -0.25) is 0 Å². The minimum absolute atomic E-state index is 0.278. The lowest BCUT2D eigenvalue weighted by Crippen LogP contribution is -2.24. The van der Waals surface area contributed by atoms with Gasteiger partial charge in [-0.05, 0) is 37.5 Å². The van der Waals surface area contributed by atoms with Crippen molar-refractivity contribution in [1.82, 2.24) is 5.32 Å². The molecule has 2 heteroatoms. The molecule has 0 aliphatic rings. The van der Waals surface area contributed by atoms with Gasteiger partial charge in [-0.15, -0.1) is 0 Å². The molecule has 78 valence electrons. The Kier molecular flexibility index (Phi) is 4.11. The van der Waals surface area contributed by atoms with Crippen molar-refractivity contribution in [1.29, 1.82) is 0 Å². The lowest BCUT2D eigenvalue weighted by Gasteiger charge is -2.10. The van der Waals surface area contributed by atoms with E-state index in [4.69, 9.17) is 5.11 Å². The van der Waals surface area contributed by atoms with Crippen molar-refractivity contribution in [3.05, 3.63) is 34.9 Å². The van der Waals surface area contributed by atoms with Gasteiger partial charge in [0.25, 0.3) is 0 Å². The zero-order valence-electron chi connectivity index (χ0n) is 9.17. The summed E-state index contributed by atoms with van der Waals surface area (Å²) < 4.78 is 0. The molecule has 1 aromatic rings. The van der Waals surface area contributed by atoms with E-state index >= 15 is 0 Å². The van der Waals surface area contributed by atoms with Crippen LogP contribution in [0.4, 0.5) is 0 Å². The van der Waals surface area contributed by atoms with Crippen LogP contribution < -0.4 is 5.32 Å². The molecule has 0 bridgehead atoms. The highest BCUT2D eigenvalue weighted by molar-refractivity contribution is 5.32. The SMILES string of the molecule is Cc1cccc(CNCC(C)O)c1C. The molecule has 1 unspecified atom stereocenters. The number of hydrogen-bond acceptors (Lipinski definition) is 2. The Hall–Kier alpha value is -0.860. The lowest BCUT2D eigenvalue weighted by molar-refractivity contribution is 0.191. The minimum atomic E-state index is -0.278. The highest BCUT2D eigenvalue weighted by atomic mass is 16.3. The van der Waals surface area contributed by atoms with Gasteiger partial charge in [0.05, 0.1) is 6.10 Å². The first kappa shape index (κ1) is 11.2. The molecule has 14 heavy (non-hydrogen) atoms. The molecule has 2 N–H and O–H groups in total. The number of rotatable bonds is 4. The number of hydrogen-bond donors (Lipinski definition) is 2. The van der Waals surface area contributed by atoms with Crippen LogP contribution in [0.25, 0.3) is 0 Å². The number of aliphatic hydroxyl groups is 1. The van der Waals surface area contributed by atoms with Gasteiger partial charge in [0.2, 0.25) is 0 Å². The van der Waals surface area contributed by atoms with E-state index in [9.17, 15) is 0 Å². The van der Waals surface area contributed by atoms with Crippen molar-refractivity contribution in [2.45, 2.75) is 33.4 Å². The maximum atomic E-state index is 9.09. The van der Waals surface area contributed by atoms with E-state index in [0.29, 0.717) is 6.54 Å². The van der Waals surface area contributed by atoms with Crippen molar-refractivity contribution in [2.24, 2.45) is 0 Å². The molecule has 1 aromatic carbocycles. The zero-order valence-corrected chi connectivity index (χ0v) is 9.17. The van der Waals surface area contributed by atoms with Gasteiger partial charge >= 0.3 is 0 Å². The van der Waals surface area contributed by atoms with E-state index in [1.807, 2.05) is 0 Å². The van der Waals surface area contributed by atoms with Crippen LogP contribution in [0.15, 0.2) is 18.2 Å². The predicted molar refractivity (Wildman–Crippen MR) is 59.3 cm³/mol. The fraction of sp³-hybridized carbons (Fsp3) is 0.500. The molecule has 0 spiro atoms. The molecule has 1 rings (SSSR count). The smallest absolute Gasteiger partial charge is 0.0636 e. The molecule has 0 aromatic heterocycles. The van der Waals surface area contributed by atoms with E-state index in [1.54, 1.807) is 6.92 Å². The highest BCUT2D eigenvalue weighted by Crippen LogP contribution is 2.11. The van der Waals surface area contributed by atoms with Gasteiger partial charge < -0.3 is 10.4 Å². The van der Waals surface area contributed by atoms with Gasteiger partial charge in [-0.25, -0.2) is 0 Å². The van der Waals surface area contributed by atoms with Crippen LogP contribution in [0.2, 0.25) is 0 Å². The summed E-state index contributed by atoms with van der Waals surface area (Å²) in [6.07, 6.45) is -0.278. The summed E-state index contributed by atoms with van der Waals surface area (Å²) in [5.41, 5.74) is 3.97. The van der Waals surface area contributed by atoms with Crippen LogP contribution in [0.1, 0.15) is 23.6 Å². The Balaban J connectivity index is 2.54. The summed E-state index contributed by atoms with van der Waals surface area (Å²) in [5.74, 6) is 0. The Bertz CT molecular complexity index is 294. The molecule has 0 radical (unpaired) electrons. The van der Waals surface area contributed by atoms with Crippen LogP contribution >= 0.6 is 0 Å². The molecule has 0 aliphatic carbocycles. The standard InChI is InChI=1S/C12H19NO/c1-9-5-4-6-12(11(9)3)8-13-7-10(2)14/h4-6,10,13-14H,7-8H2,1-3H3. The Morgan fingerprint density at radius 3 is 2.71 bits per heavy atom. The second kappa shape index (κ2) is 5.13. The number of aliphatic hydroxyl groups excluding tert-OH is 1. The first-order valence-electron chi connectivity index (χ1n) is 5.05. The van der Waals surface area contributed by atoms with E-state index in [1.165, 1.54) is 16.7 Å². The monoisotopic (exact) mass is 193 g/mol. The molecule has 0 amide bonds. The molecular formula is C12H19NO. The molecule has 2 nitrogen and oxygen atoms in total. The Labute approximate surface area is 86.0 Å². The zero-order chi connectivity index (χ0) is 10.6. The van der Waals surface area contributed by atoms with Crippen LogP contribution in [-0.2, 0) is 6.54 Å². The fourth-order valence-electron chi connectivity index (χ4n) is 1.42. The predicted octanol–water partition coefficient (Wildman–Crippen LogP) is 1.77. The van der Waals surface area contributed by atoms with Gasteiger partial charge in [-0.1, -0.05) is 18.2 Å². The van der Waals surface area contributed by atoms with Crippen molar-refractivity contribution < 1.29 is 5.11 Å². The number of aryl methyl sites for hydroxylation is 1. The molecule has 0 fully saturated rings. The first-order valence-corrected chi connectivity index (χ1v) is 5.05. The minimum Gasteiger partial charge on any atom is -0.392 e. The first-order chi connectivity index (χ1) is 6.61. The van der Waals surface area contributed by atoms with Crippen LogP contribution in [0, 0.1) is 13.8 Å². The maximum Gasteiger partial charge on any atom is 0.0636 e. The molecule has 0 heterocycles. The molecule has 0 saturated heterocycles. The summed E-state index contributed by atoms with van der Waals surface area (Å²) in [5, 5.41) is 12.3. The van der Waals surface area contributed by atoms with Crippen LogP contribution in [0.5, 0.6) is 0 Å². The quantitative estimate of drug-likeness (QED) is 0.764. The van der Waals surface area contributed by atoms with E-state index < -0.39 is 0 Å². The summed E-state index contributed by atoms with van der Waals surface area (Å²) >= 11 is 0. The van der Waals surface area contributed by atoms with Crippen molar-refractivity contribution >= 4 is 0 Å². The largest absolute Gasteiger partial charge is 0.392 e. The third-order valence-corrected chi connectivity index (χ3v) is 2.47. The fourth-order valence-corrected chi connectivity index (χ4v) is 1.42. The van der Waals surface area contributed by atoms with Crippen LogP contribution in [-0.4, -0.2) is 17.8 Å². The van der Waals surface area contributed by atoms with E-state index in [0.717, 1.165) is 6.54 Å². The van der Waals surface area contributed by atoms with Gasteiger partial charge in [0.15, 0.2) is 0 Å². The number of nitrogens with one attached hydrogen (secondary N) is 1. The Morgan fingerprint density at radius 1 is 1.36 bits per heavy atom. The maximum absolute atomic E-state index is 9.09. The van der Waals surface area contributed by atoms with Crippen LogP contribution in [0.3, 0.4) is 0 Å². The topological polar surface area (TPSA) is 32.3 Å². The van der Waals surface area contributed by atoms with Crippen molar-refractivity contribution in [3.8, 4) is 0 Å². The molecule has 1 atom stereocenters. The molecular weight excluding hydrogens is 174 g/mol. The summed E-state index contributed by atoms with van der Waals surface area (Å²) in [6.45, 7) is 7.52. The molecule has 0 saturated carbocycles. The van der Waals surface area contributed by atoms with E-state index in [-0.39, 0.29) is 6.10 Å². The van der Waals surface area contributed by atoms with Gasteiger partial charge in [0, 0.05) is 13.1 Å². The third kappa shape index (κ3) is 3.13. The highest BCUT2D eigenvalue weighted by Gasteiger charge is 2.00. The second-order valence-corrected chi connectivity index (χ2v) is 3.84. The summed E-state index contributed by atoms with van der Waals surface area (Å²) in [7, 11) is 0. The van der Waals surface area contributed by atoms with Gasteiger partial charge in [-0.2, -0.15) is 0 Å². The van der Waals surface area contributed by atoms with Crippen molar-refractivity contribution in [3.63, 3.8) is 0 Å². The number of benzene rings is 1. The second-order valence-electron chi connectivity index (χ2n) is 3.84. The normalized spacial score (nSPS) is 12.9. The van der Waals surface area contributed by atoms with E-state index in [2.05, 4.69) is 37.4 Å². The van der Waals surface area contributed by atoms with Crippen molar-refractivity contribution in [2.75, 3.05) is 6.54 Å². The average molecular weight is 193 g/mol. The molecule has 0 aliphatic heterocycles. The van der Waals surface area contributed by atoms with Gasteiger partial charge in [0.1, 0.15) is 0 Å². The Morgan fingerprint density at radius 2 is 2.07 bits per heavy atom. The summed E-state index contributed by atoms with van der Waals surface area (Å²) in [6, 6.07) is 6.31. The summed E-state index contributed by atoms with van der Waals surface area (Å²) in [4.78, 5) is 0. The third-order valence-electron chi connectivity index (χ3n) is 2.47. The lowest BCUT2D eigenvalue weighted by atomic mass is 10.0.